The van der Waals surface area contributed by atoms with E-state index in [1.54, 1.807) is 23.3 Å². The van der Waals surface area contributed by atoms with Gasteiger partial charge in [0.2, 0.25) is 0 Å². The SMILES string of the molecule is C=C/N=C\c1nncn1C=C. The predicted octanol–water partition coefficient (Wildman–Crippen LogP) is 0.941. The third-order valence-corrected chi connectivity index (χ3v) is 1.09. The van der Waals surface area contributed by atoms with Crippen LogP contribution >= 0.6 is 0 Å². The molecule has 0 aromatic carbocycles. The minimum Gasteiger partial charge on any atom is -0.288 e. The van der Waals surface area contributed by atoms with Crippen molar-refractivity contribution < 1.29 is 0 Å². The summed E-state index contributed by atoms with van der Waals surface area (Å²) >= 11 is 0. The van der Waals surface area contributed by atoms with Gasteiger partial charge in [-0.15, -0.1) is 10.2 Å². The van der Waals surface area contributed by atoms with Crippen molar-refractivity contribution in [1.29, 1.82) is 0 Å². The van der Waals surface area contributed by atoms with Crippen molar-refractivity contribution in [2.45, 2.75) is 0 Å². The van der Waals surface area contributed by atoms with E-state index in [0.717, 1.165) is 0 Å². The van der Waals surface area contributed by atoms with Gasteiger partial charge >= 0.3 is 0 Å². The Morgan fingerprint density at radius 2 is 2.36 bits per heavy atom. The third-order valence-electron chi connectivity index (χ3n) is 1.09. The molecule has 4 heteroatoms. The highest BCUT2D eigenvalue weighted by Gasteiger charge is 1.94. The van der Waals surface area contributed by atoms with E-state index in [2.05, 4.69) is 28.3 Å². The smallest absolute Gasteiger partial charge is 0.179 e. The maximum atomic E-state index is 3.79. The second-order valence-corrected chi connectivity index (χ2v) is 1.74. The Hall–Kier alpha value is -1.71. The molecule has 0 saturated heterocycles. The molecule has 1 aromatic rings. The molecular formula is C7H8N4. The summed E-state index contributed by atoms with van der Waals surface area (Å²) in [6.07, 6.45) is 6.14. The number of nitrogens with zero attached hydrogens (tertiary/aromatic N) is 4. The average molecular weight is 148 g/mol. The molecule has 1 aromatic heterocycles. The fourth-order valence-electron chi connectivity index (χ4n) is 0.604. The fraction of sp³-hybridized carbons (Fsp3) is 0. The maximum absolute atomic E-state index is 3.79. The van der Waals surface area contributed by atoms with Crippen LogP contribution in [0, 0.1) is 0 Å². The summed E-state index contributed by atoms with van der Waals surface area (Å²) in [5.41, 5.74) is 0. The Balaban J connectivity index is 2.92. The van der Waals surface area contributed by atoms with E-state index in [9.17, 15) is 0 Å². The summed E-state index contributed by atoms with van der Waals surface area (Å²) in [5.74, 6) is 0.639. The van der Waals surface area contributed by atoms with Crippen LogP contribution in [-0.2, 0) is 0 Å². The molecule has 0 aliphatic rings. The van der Waals surface area contributed by atoms with E-state index in [-0.39, 0.29) is 0 Å². The second-order valence-electron chi connectivity index (χ2n) is 1.74. The van der Waals surface area contributed by atoms with Crippen LogP contribution < -0.4 is 0 Å². The van der Waals surface area contributed by atoms with Gasteiger partial charge in [-0.3, -0.25) is 9.56 Å². The Bertz CT molecular complexity index is 284. The molecule has 56 valence electrons. The van der Waals surface area contributed by atoms with Crippen molar-refractivity contribution in [3.05, 3.63) is 31.5 Å². The van der Waals surface area contributed by atoms with Gasteiger partial charge in [0.05, 0.1) is 6.21 Å². The highest BCUT2D eigenvalue weighted by Crippen LogP contribution is 1.90. The number of aromatic nitrogens is 3. The normalized spacial score (nSPS) is 10.2. The summed E-state index contributed by atoms with van der Waals surface area (Å²) in [4.78, 5) is 3.79. The van der Waals surface area contributed by atoms with E-state index in [4.69, 9.17) is 0 Å². The Labute approximate surface area is 64.6 Å². The summed E-state index contributed by atoms with van der Waals surface area (Å²) < 4.78 is 1.66. The van der Waals surface area contributed by atoms with Gasteiger partial charge < -0.3 is 0 Å². The quantitative estimate of drug-likeness (QED) is 0.599. The van der Waals surface area contributed by atoms with Crippen LogP contribution in [0.2, 0.25) is 0 Å². The van der Waals surface area contributed by atoms with Crippen molar-refractivity contribution in [1.82, 2.24) is 14.8 Å². The molecule has 1 rings (SSSR count). The van der Waals surface area contributed by atoms with Crippen LogP contribution in [0.25, 0.3) is 6.20 Å². The van der Waals surface area contributed by atoms with E-state index in [1.165, 1.54) is 6.20 Å². The average Bonchev–Trinajstić information content (AvgIpc) is 2.47. The van der Waals surface area contributed by atoms with Gasteiger partial charge in [0.25, 0.3) is 0 Å². The first-order valence-corrected chi connectivity index (χ1v) is 3.04. The molecular weight excluding hydrogens is 140 g/mol. The van der Waals surface area contributed by atoms with Crippen molar-refractivity contribution >= 4 is 12.4 Å². The molecule has 0 spiro atoms. The maximum Gasteiger partial charge on any atom is 0.179 e. The zero-order valence-corrected chi connectivity index (χ0v) is 6.01. The van der Waals surface area contributed by atoms with Crippen LogP contribution in [0.5, 0.6) is 0 Å². The largest absolute Gasteiger partial charge is 0.288 e. The van der Waals surface area contributed by atoms with Gasteiger partial charge in [-0.1, -0.05) is 13.2 Å². The van der Waals surface area contributed by atoms with E-state index in [0.29, 0.717) is 5.82 Å². The first-order valence-electron chi connectivity index (χ1n) is 3.04. The molecule has 0 radical (unpaired) electrons. The van der Waals surface area contributed by atoms with E-state index < -0.39 is 0 Å². The molecule has 0 aliphatic carbocycles. The van der Waals surface area contributed by atoms with Crippen LogP contribution in [0.15, 0.2) is 30.7 Å². The first kappa shape index (κ1) is 7.40. The van der Waals surface area contributed by atoms with Crippen LogP contribution in [0.3, 0.4) is 0 Å². The van der Waals surface area contributed by atoms with Crippen molar-refractivity contribution in [3.63, 3.8) is 0 Å². The molecule has 0 saturated carbocycles. The number of hydrogen-bond donors (Lipinski definition) is 0. The van der Waals surface area contributed by atoms with Crippen LogP contribution in [-0.4, -0.2) is 21.0 Å². The summed E-state index contributed by atoms with van der Waals surface area (Å²) in [6.45, 7) is 7.00. The molecule has 0 fully saturated rings. The van der Waals surface area contributed by atoms with Crippen molar-refractivity contribution in [3.8, 4) is 0 Å². The number of aliphatic imine (C=N–C) groups is 1. The summed E-state index contributed by atoms with van der Waals surface area (Å²) in [6, 6.07) is 0. The molecule has 0 amide bonds. The number of rotatable bonds is 3. The molecule has 0 aliphatic heterocycles. The third kappa shape index (κ3) is 1.61. The molecule has 0 bridgehead atoms. The Morgan fingerprint density at radius 1 is 1.55 bits per heavy atom. The van der Waals surface area contributed by atoms with Crippen LogP contribution in [0.4, 0.5) is 0 Å². The number of hydrogen-bond acceptors (Lipinski definition) is 3. The van der Waals surface area contributed by atoms with E-state index >= 15 is 0 Å². The molecule has 11 heavy (non-hydrogen) atoms. The summed E-state index contributed by atoms with van der Waals surface area (Å²) in [5, 5.41) is 7.43. The lowest BCUT2D eigenvalue weighted by Crippen LogP contribution is -1.92. The van der Waals surface area contributed by atoms with Gasteiger partial charge in [-0.25, -0.2) is 0 Å². The van der Waals surface area contributed by atoms with Crippen LogP contribution in [0.1, 0.15) is 5.82 Å². The fourth-order valence-corrected chi connectivity index (χ4v) is 0.604. The monoisotopic (exact) mass is 148 g/mol. The lowest BCUT2D eigenvalue weighted by atomic mass is 10.6. The Kier molecular flexibility index (Phi) is 2.32. The van der Waals surface area contributed by atoms with Gasteiger partial charge in [-0.05, 0) is 0 Å². The molecule has 1 heterocycles. The predicted molar refractivity (Wildman–Crippen MR) is 44.2 cm³/mol. The lowest BCUT2D eigenvalue weighted by Gasteiger charge is -1.89. The van der Waals surface area contributed by atoms with Gasteiger partial charge in [0, 0.05) is 12.4 Å². The zero-order valence-electron chi connectivity index (χ0n) is 6.01. The molecule has 0 unspecified atom stereocenters. The van der Waals surface area contributed by atoms with E-state index in [1.807, 2.05) is 0 Å². The Morgan fingerprint density at radius 3 is 3.00 bits per heavy atom. The highest BCUT2D eigenvalue weighted by atomic mass is 15.2. The highest BCUT2D eigenvalue weighted by molar-refractivity contribution is 5.75. The zero-order chi connectivity index (χ0) is 8.10. The van der Waals surface area contributed by atoms with Gasteiger partial charge in [0.1, 0.15) is 6.33 Å². The van der Waals surface area contributed by atoms with Crippen molar-refractivity contribution in [2.75, 3.05) is 0 Å². The minimum absolute atomic E-state index is 0.639. The van der Waals surface area contributed by atoms with Gasteiger partial charge in [-0.2, -0.15) is 0 Å². The standard InChI is InChI=1S/C7H8N4/c1-3-8-5-7-10-9-6-11(7)4-2/h3-6H,1-2H2/b8-5-. The second kappa shape index (κ2) is 3.46. The molecule has 4 nitrogen and oxygen atoms in total. The molecule has 0 N–H and O–H groups in total. The topological polar surface area (TPSA) is 43.1 Å². The lowest BCUT2D eigenvalue weighted by molar-refractivity contribution is 1.08. The van der Waals surface area contributed by atoms with Gasteiger partial charge in [0.15, 0.2) is 5.82 Å². The summed E-state index contributed by atoms with van der Waals surface area (Å²) in [7, 11) is 0. The molecule has 0 atom stereocenters. The minimum atomic E-state index is 0.639. The first-order chi connectivity index (χ1) is 5.38. The van der Waals surface area contributed by atoms with Crippen molar-refractivity contribution in [2.24, 2.45) is 4.99 Å².